The van der Waals surface area contributed by atoms with Gasteiger partial charge in [0.1, 0.15) is 5.57 Å². The lowest BCUT2D eigenvalue weighted by molar-refractivity contribution is -0.144. The van der Waals surface area contributed by atoms with Crippen LogP contribution in [0.4, 0.5) is 5.69 Å². The molecule has 2 aromatic rings. The summed E-state index contributed by atoms with van der Waals surface area (Å²) in [7, 11) is 0. The topological polar surface area (TPSA) is 105 Å². The Morgan fingerprint density at radius 2 is 1.97 bits per heavy atom. The molecule has 1 heterocycles. The summed E-state index contributed by atoms with van der Waals surface area (Å²) in [6.07, 6.45) is 2.39. The fourth-order valence-electron chi connectivity index (χ4n) is 3.18. The number of carboxylic acid groups (broad SMARTS) is 1. The fraction of sp³-hybridized carbons (Fsp3) is 0.208. The first kappa shape index (κ1) is 22.6. The molecule has 0 aromatic heterocycles. The lowest BCUT2D eigenvalue weighted by Gasteiger charge is -2.19. The van der Waals surface area contributed by atoms with Gasteiger partial charge in [0.15, 0.2) is 17.6 Å². The summed E-state index contributed by atoms with van der Waals surface area (Å²) < 4.78 is 11.3. The molecule has 0 spiro atoms. The van der Waals surface area contributed by atoms with E-state index in [0.29, 0.717) is 35.6 Å². The second-order valence-electron chi connectivity index (χ2n) is 7.01. The van der Waals surface area contributed by atoms with Gasteiger partial charge in [0.2, 0.25) is 0 Å². The van der Waals surface area contributed by atoms with E-state index in [9.17, 15) is 19.5 Å². The van der Waals surface area contributed by atoms with Gasteiger partial charge in [-0.1, -0.05) is 24.3 Å². The van der Waals surface area contributed by atoms with Crippen LogP contribution in [0.2, 0.25) is 0 Å². The van der Waals surface area contributed by atoms with E-state index in [-0.39, 0.29) is 11.3 Å². The van der Waals surface area contributed by atoms with Crippen LogP contribution < -0.4 is 19.9 Å². The summed E-state index contributed by atoms with van der Waals surface area (Å²) in [6.45, 7) is 7.25. The largest absolute Gasteiger partial charge is 0.490 e. The number of hydrogen-bond acceptors (Lipinski definition) is 5. The lowest BCUT2D eigenvalue weighted by atomic mass is 10.0. The van der Waals surface area contributed by atoms with Crippen LogP contribution in [0.3, 0.4) is 0 Å². The number of carboxylic acids is 1. The maximum Gasteiger partial charge on any atom is 0.344 e. The number of para-hydroxylation sites is 1. The molecule has 1 fully saturated rings. The van der Waals surface area contributed by atoms with Gasteiger partial charge in [0.25, 0.3) is 11.8 Å². The predicted molar refractivity (Wildman–Crippen MR) is 119 cm³/mol. The quantitative estimate of drug-likeness (QED) is 0.356. The summed E-state index contributed by atoms with van der Waals surface area (Å²) in [4.78, 5) is 36.6. The summed E-state index contributed by atoms with van der Waals surface area (Å²) in [5.41, 5.74) is 4.23. The van der Waals surface area contributed by atoms with Crippen LogP contribution in [0.1, 0.15) is 25.0 Å². The molecule has 0 saturated carbocycles. The van der Waals surface area contributed by atoms with Crippen molar-refractivity contribution in [2.24, 2.45) is 0 Å². The standard InChI is InChI=1S/C24H24N2O6/c1-4-9-17-12-16(14-20(31-5-2)21(17)32-15(3)24(29)30)13-19-22(27)25-26(23(19)28)18-10-7-6-8-11-18/h4,6-8,10-15H,1,5,9H2,2-3H3,(H,25,27)(H,29,30)/b19-13-/t15-/m0/s1. The van der Waals surface area contributed by atoms with Crippen LogP contribution in [0.5, 0.6) is 11.5 Å². The number of hydrogen-bond donors (Lipinski definition) is 2. The molecule has 1 aliphatic heterocycles. The Balaban J connectivity index is 2.02. The molecule has 0 aliphatic carbocycles. The van der Waals surface area contributed by atoms with Gasteiger partial charge in [0, 0.05) is 5.56 Å². The van der Waals surface area contributed by atoms with Crippen LogP contribution in [0.25, 0.3) is 6.08 Å². The summed E-state index contributed by atoms with van der Waals surface area (Å²) in [5, 5.41) is 10.4. The second-order valence-corrected chi connectivity index (χ2v) is 7.01. The van der Waals surface area contributed by atoms with Crippen molar-refractivity contribution in [3.05, 3.63) is 71.8 Å². The molecule has 2 amide bonds. The van der Waals surface area contributed by atoms with Crippen LogP contribution >= 0.6 is 0 Å². The Kier molecular flexibility index (Phi) is 6.94. The van der Waals surface area contributed by atoms with E-state index in [2.05, 4.69) is 12.0 Å². The first-order valence-electron chi connectivity index (χ1n) is 10.1. The van der Waals surface area contributed by atoms with E-state index in [0.717, 1.165) is 0 Å². The molecule has 1 aliphatic rings. The maximum atomic E-state index is 12.9. The normalized spacial score (nSPS) is 15.4. The Hall–Kier alpha value is -4.07. The highest BCUT2D eigenvalue weighted by molar-refractivity contribution is 6.31. The van der Waals surface area contributed by atoms with Crippen LogP contribution in [0, 0.1) is 0 Å². The minimum absolute atomic E-state index is 0.0339. The third kappa shape index (κ3) is 4.80. The fourth-order valence-corrected chi connectivity index (χ4v) is 3.18. The SMILES string of the molecule is C=CCc1cc(/C=C2/C(=O)NN(c3ccccc3)C2=O)cc(OCC)c1O[C@@H](C)C(=O)O. The zero-order valence-corrected chi connectivity index (χ0v) is 17.8. The molecule has 32 heavy (non-hydrogen) atoms. The third-order valence-electron chi connectivity index (χ3n) is 4.68. The van der Waals surface area contributed by atoms with Crippen molar-refractivity contribution in [1.29, 1.82) is 0 Å². The number of rotatable bonds is 9. The zero-order chi connectivity index (χ0) is 23.3. The van der Waals surface area contributed by atoms with Crippen molar-refractivity contribution in [1.82, 2.24) is 5.43 Å². The van der Waals surface area contributed by atoms with Gasteiger partial charge in [-0.05, 0) is 56.2 Å². The minimum atomic E-state index is -1.11. The van der Waals surface area contributed by atoms with Crippen molar-refractivity contribution in [3.63, 3.8) is 0 Å². The Morgan fingerprint density at radius 3 is 2.59 bits per heavy atom. The van der Waals surface area contributed by atoms with Gasteiger partial charge < -0.3 is 14.6 Å². The van der Waals surface area contributed by atoms with Crippen LogP contribution in [0.15, 0.2) is 60.7 Å². The average molecular weight is 436 g/mol. The van der Waals surface area contributed by atoms with Gasteiger partial charge in [-0.15, -0.1) is 6.58 Å². The molecule has 1 saturated heterocycles. The molecule has 8 nitrogen and oxygen atoms in total. The van der Waals surface area contributed by atoms with E-state index < -0.39 is 23.9 Å². The van der Waals surface area contributed by atoms with E-state index in [1.165, 1.54) is 18.0 Å². The molecular formula is C24H24N2O6. The molecule has 166 valence electrons. The molecule has 2 N–H and O–H groups in total. The first-order valence-corrected chi connectivity index (χ1v) is 10.1. The lowest BCUT2D eigenvalue weighted by Crippen LogP contribution is -2.35. The average Bonchev–Trinajstić information content (AvgIpc) is 3.05. The van der Waals surface area contributed by atoms with E-state index >= 15 is 0 Å². The van der Waals surface area contributed by atoms with Crippen molar-refractivity contribution in [2.75, 3.05) is 11.6 Å². The van der Waals surface area contributed by atoms with Gasteiger partial charge in [-0.25, -0.2) is 9.80 Å². The number of carbonyl (C=O) groups is 3. The van der Waals surface area contributed by atoms with Gasteiger partial charge in [-0.2, -0.15) is 0 Å². The Morgan fingerprint density at radius 1 is 1.25 bits per heavy atom. The number of allylic oxidation sites excluding steroid dienone is 1. The summed E-state index contributed by atoms with van der Waals surface area (Å²) in [5.74, 6) is -1.52. The molecule has 8 heteroatoms. The van der Waals surface area contributed by atoms with Crippen LogP contribution in [-0.2, 0) is 20.8 Å². The molecule has 1 atom stereocenters. The van der Waals surface area contributed by atoms with Gasteiger partial charge in [-0.3, -0.25) is 15.0 Å². The monoisotopic (exact) mass is 436 g/mol. The molecule has 0 bridgehead atoms. The second kappa shape index (κ2) is 9.82. The number of ether oxygens (including phenoxy) is 2. The number of nitrogens with one attached hydrogen (secondary N) is 1. The zero-order valence-electron chi connectivity index (χ0n) is 17.8. The number of aliphatic carboxylic acids is 1. The highest BCUT2D eigenvalue weighted by atomic mass is 16.5. The number of amides is 2. The maximum absolute atomic E-state index is 12.9. The molecule has 0 radical (unpaired) electrons. The number of carbonyl (C=O) groups excluding carboxylic acids is 2. The summed E-state index contributed by atoms with van der Waals surface area (Å²) >= 11 is 0. The smallest absolute Gasteiger partial charge is 0.344 e. The van der Waals surface area contributed by atoms with Gasteiger partial charge >= 0.3 is 5.97 Å². The predicted octanol–water partition coefficient (Wildman–Crippen LogP) is 3.13. The first-order chi connectivity index (χ1) is 15.3. The van der Waals surface area contributed by atoms with Crippen molar-refractivity contribution < 1.29 is 29.0 Å². The van der Waals surface area contributed by atoms with Crippen molar-refractivity contribution >= 4 is 29.5 Å². The highest BCUT2D eigenvalue weighted by Crippen LogP contribution is 2.36. The van der Waals surface area contributed by atoms with Crippen LogP contribution in [-0.4, -0.2) is 35.6 Å². The number of anilines is 1. The van der Waals surface area contributed by atoms with E-state index in [1.807, 2.05) is 6.07 Å². The minimum Gasteiger partial charge on any atom is -0.490 e. The van der Waals surface area contributed by atoms with E-state index in [4.69, 9.17) is 9.47 Å². The highest BCUT2D eigenvalue weighted by Gasteiger charge is 2.34. The van der Waals surface area contributed by atoms with E-state index in [1.54, 1.807) is 49.4 Å². The number of nitrogens with zero attached hydrogens (tertiary/aromatic N) is 1. The molecule has 2 aromatic carbocycles. The molecular weight excluding hydrogens is 412 g/mol. The molecule has 0 unspecified atom stereocenters. The molecule has 3 rings (SSSR count). The Bertz CT molecular complexity index is 1080. The van der Waals surface area contributed by atoms with Crippen molar-refractivity contribution in [3.8, 4) is 11.5 Å². The number of benzene rings is 2. The summed E-state index contributed by atoms with van der Waals surface area (Å²) in [6, 6.07) is 12.1. The van der Waals surface area contributed by atoms with Crippen molar-refractivity contribution in [2.45, 2.75) is 26.4 Å². The Labute approximate surface area is 185 Å². The number of hydrazine groups is 1. The van der Waals surface area contributed by atoms with Gasteiger partial charge in [0.05, 0.1) is 12.3 Å². The third-order valence-corrected chi connectivity index (χ3v) is 4.68.